The van der Waals surface area contributed by atoms with E-state index in [4.69, 9.17) is 4.74 Å². The number of rotatable bonds is 9. The number of amides is 1. The van der Waals surface area contributed by atoms with Gasteiger partial charge in [0, 0.05) is 13.1 Å². The Kier molecular flexibility index (Phi) is 8.35. The highest BCUT2D eigenvalue weighted by molar-refractivity contribution is 5.89. The number of hydrogen-bond acceptors (Lipinski definition) is 3. The first-order chi connectivity index (χ1) is 8.95. The second kappa shape index (κ2) is 8.88. The van der Waals surface area contributed by atoms with Crippen molar-refractivity contribution in [3.05, 3.63) is 0 Å². The van der Waals surface area contributed by atoms with Crippen LogP contribution < -0.4 is 0 Å². The summed E-state index contributed by atoms with van der Waals surface area (Å²) in [5.74, 6) is -1.25. The quantitative estimate of drug-likeness (QED) is 0.608. The molecule has 112 valence electrons. The summed E-state index contributed by atoms with van der Waals surface area (Å²) in [6.45, 7) is 8.26. The fraction of sp³-hybridized carbons (Fsp3) is 0.857. The van der Waals surface area contributed by atoms with Gasteiger partial charge in [-0.15, -0.1) is 0 Å². The van der Waals surface area contributed by atoms with Crippen LogP contribution in [0.2, 0.25) is 0 Å². The minimum absolute atomic E-state index is 0.0671. The Bertz CT molecular complexity index is 292. The van der Waals surface area contributed by atoms with Crippen molar-refractivity contribution in [2.24, 2.45) is 0 Å². The molecule has 1 amide bonds. The first-order valence-electron chi connectivity index (χ1n) is 7.09. The van der Waals surface area contributed by atoms with Crippen LogP contribution in [0.25, 0.3) is 0 Å². The topological polar surface area (TPSA) is 46.6 Å². The maximum atomic E-state index is 14.9. The Labute approximate surface area is 115 Å². The number of unbranched alkanes of at least 4 members (excludes halogenated alkanes) is 1. The minimum Gasteiger partial charge on any atom is -0.466 e. The van der Waals surface area contributed by atoms with E-state index in [0.29, 0.717) is 19.5 Å². The average Bonchev–Trinajstić information content (AvgIpc) is 2.38. The smallest absolute Gasteiger partial charge is 0.309 e. The summed E-state index contributed by atoms with van der Waals surface area (Å²) in [5, 5.41) is 0. The van der Waals surface area contributed by atoms with Gasteiger partial charge in [0.1, 0.15) is 0 Å². The molecule has 0 aromatic heterocycles. The van der Waals surface area contributed by atoms with E-state index in [1.807, 2.05) is 6.92 Å². The maximum Gasteiger partial charge on any atom is 0.309 e. The molecular formula is C14H26FNO3. The van der Waals surface area contributed by atoms with Crippen molar-refractivity contribution in [2.45, 2.75) is 59.0 Å². The summed E-state index contributed by atoms with van der Waals surface area (Å²) in [7, 11) is 0. The molecule has 0 saturated carbocycles. The van der Waals surface area contributed by atoms with Crippen LogP contribution in [0.4, 0.5) is 4.39 Å². The minimum atomic E-state index is -2.13. The van der Waals surface area contributed by atoms with Crippen molar-refractivity contribution in [1.82, 2.24) is 4.90 Å². The maximum absolute atomic E-state index is 14.9. The Morgan fingerprint density at radius 2 is 1.74 bits per heavy atom. The Hall–Kier alpha value is -1.13. The molecule has 0 radical (unpaired) electrons. The molecule has 0 aliphatic heterocycles. The number of esters is 1. The highest BCUT2D eigenvalue weighted by atomic mass is 19.1. The highest BCUT2D eigenvalue weighted by Gasteiger charge is 2.42. The van der Waals surface area contributed by atoms with Gasteiger partial charge in [-0.3, -0.25) is 9.59 Å². The molecule has 0 aromatic rings. The van der Waals surface area contributed by atoms with E-state index in [9.17, 15) is 14.0 Å². The largest absolute Gasteiger partial charge is 0.466 e. The van der Waals surface area contributed by atoms with Crippen LogP contribution in [0.3, 0.4) is 0 Å². The van der Waals surface area contributed by atoms with E-state index in [1.165, 1.54) is 4.90 Å². The average molecular weight is 275 g/mol. The number of halogens is 1. The van der Waals surface area contributed by atoms with Gasteiger partial charge in [0.2, 0.25) is 0 Å². The molecule has 0 saturated heterocycles. The summed E-state index contributed by atoms with van der Waals surface area (Å²) >= 11 is 0. The normalized spacial score (nSPS) is 13.7. The van der Waals surface area contributed by atoms with Gasteiger partial charge in [-0.1, -0.05) is 13.3 Å². The van der Waals surface area contributed by atoms with Crippen LogP contribution in [-0.4, -0.2) is 42.1 Å². The predicted octanol–water partition coefficient (Wildman–Crippen LogP) is 2.71. The molecule has 0 aliphatic carbocycles. The SMILES string of the molecule is CCCC[C@@](F)(CC(=O)OCC)C(=O)N(CC)CC. The molecule has 0 unspecified atom stereocenters. The first-order valence-corrected chi connectivity index (χ1v) is 7.09. The van der Waals surface area contributed by atoms with Crippen molar-refractivity contribution in [2.75, 3.05) is 19.7 Å². The number of nitrogens with zero attached hydrogens (tertiary/aromatic N) is 1. The molecule has 19 heavy (non-hydrogen) atoms. The number of carbonyl (C=O) groups excluding carboxylic acids is 2. The van der Waals surface area contributed by atoms with Gasteiger partial charge in [-0.25, -0.2) is 4.39 Å². The lowest BCUT2D eigenvalue weighted by Gasteiger charge is -2.29. The zero-order chi connectivity index (χ0) is 14.9. The molecule has 0 aromatic carbocycles. The summed E-state index contributed by atoms with van der Waals surface area (Å²) < 4.78 is 19.6. The van der Waals surface area contributed by atoms with E-state index in [0.717, 1.165) is 6.42 Å². The standard InChI is InChI=1S/C14H26FNO3/c1-5-9-10-14(15,11-12(17)19-8-4)13(18)16(6-2)7-3/h5-11H2,1-4H3/t14-/m1/s1. The molecule has 0 fully saturated rings. The molecule has 5 heteroatoms. The molecule has 1 atom stereocenters. The van der Waals surface area contributed by atoms with E-state index in [-0.39, 0.29) is 13.0 Å². The molecule has 0 N–H and O–H groups in total. The van der Waals surface area contributed by atoms with Crippen LogP contribution in [-0.2, 0) is 14.3 Å². The third-order valence-electron chi connectivity index (χ3n) is 3.09. The third kappa shape index (κ3) is 5.57. The molecule has 0 rings (SSSR count). The number of alkyl halides is 1. The van der Waals surface area contributed by atoms with Crippen molar-refractivity contribution in [3.63, 3.8) is 0 Å². The Morgan fingerprint density at radius 3 is 2.16 bits per heavy atom. The first kappa shape index (κ1) is 17.9. The van der Waals surface area contributed by atoms with E-state index < -0.39 is 24.0 Å². The van der Waals surface area contributed by atoms with E-state index in [1.54, 1.807) is 20.8 Å². The lowest BCUT2D eigenvalue weighted by atomic mass is 9.93. The van der Waals surface area contributed by atoms with Crippen LogP contribution in [0, 0.1) is 0 Å². The molecule has 0 spiro atoms. The zero-order valence-electron chi connectivity index (χ0n) is 12.5. The van der Waals surface area contributed by atoms with Gasteiger partial charge in [-0.05, 0) is 33.6 Å². The molecular weight excluding hydrogens is 249 g/mol. The van der Waals surface area contributed by atoms with Crippen LogP contribution >= 0.6 is 0 Å². The van der Waals surface area contributed by atoms with Gasteiger partial charge in [0.25, 0.3) is 5.91 Å². The van der Waals surface area contributed by atoms with Gasteiger partial charge < -0.3 is 9.64 Å². The Balaban J connectivity index is 4.93. The van der Waals surface area contributed by atoms with Crippen LogP contribution in [0.15, 0.2) is 0 Å². The monoisotopic (exact) mass is 275 g/mol. The lowest BCUT2D eigenvalue weighted by Crippen LogP contribution is -2.47. The number of hydrogen-bond donors (Lipinski definition) is 0. The van der Waals surface area contributed by atoms with Gasteiger partial charge in [0.15, 0.2) is 5.67 Å². The predicted molar refractivity (Wildman–Crippen MR) is 72.5 cm³/mol. The molecule has 0 heterocycles. The highest BCUT2D eigenvalue weighted by Crippen LogP contribution is 2.27. The van der Waals surface area contributed by atoms with Gasteiger partial charge >= 0.3 is 5.97 Å². The lowest BCUT2D eigenvalue weighted by molar-refractivity contribution is -0.156. The van der Waals surface area contributed by atoms with E-state index >= 15 is 0 Å². The molecule has 4 nitrogen and oxygen atoms in total. The van der Waals surface area contributed by atoms with Crippen molar-refractivity contribution < 1.29 is 18.7 Å². The van der Waals surface area contributed by atoms with Crippen molar-refractivity contribution in [3.8, 4) is 0 Å². The summed E-state index contributed by atoms with van der Waals surface area (Å²) in [5.41, 5.74) is -2.13. The van der Waals surface area contributed by atoms with Crippen molar-refractivity contribution >= 4 is 11.9 Å². The second-order valence-electron chi connectivity index (χ2n) is 4.53. The third-order valence-corrected chi connectivity index (χ3v) is 3.09. The molecule has 0 aliphatic rings. The number of ether oxygens (including phenoxy) is 1. The summed E-state index contributed by atoms with van der Waals surface area (Å²) in [6, 6.07) is 0. The fourth-order valence-electron chi connectivity index (χ4n) is 1.96. The van der Waals surface area contributed by atoms with Crippen LogP contribution in [0.1, 0.15) is 53.4 Å². The van der Waals surface area contributed by atoms with Crippen molar-refractivity contribution in [1.29, 1.82) is 0 Å². The van der Waals surface area contributed by atoms with Crippen LogP contribution in [0.5, 0.6) is 0 Å². The fourth-order valence-corrected chi connectivity index (χ4v) is 1.96. The van der Waals surface area contributed by atoms with Gasteiger partial charge in [0.05, 0.1) is 13.0 Å². The second-order valence-corrected chi connectivity index (χ2v) is 4.53. The Morgan fingerprint density at radius 1 is 1.16 bits per heavy atom. The number of carbonyl (C=O) groups is 2. The summed E-state index contributed by atoms with van der Waals surface area (Å²) in [4.78, 5) is 25.1. The van der Waals surface area contributed by atoms with Gasteiger partial charge in [-0.2, -0.15) is 0 Å². The summed E-state index contributed by atoms with van der Waals surface area (Å²) in [6.07, 6.45) is 0.927. The zero-order valence-corrected chi connectivity index (χ0v) is 12.5. The van der Waals surface area contributed by atoms with E-state index in [2.05, 4.69) is 0 Å². The molecule has 0 bridgehead atoms.